The smallest absolute Gasteiger partial charge is 0.244 e. The molecule has 0 amide bonds. The summed E-state index contributed by atoms with van der Waals surface area (Å²) in [6.45, 7) is 0.876. The average molecular weight is 307 g/mol. The van der Waals surface area contributed by atoms with Gasteiger partial charge in [-0.1, -0.05) is 11.6 Å². The molecule has 1 atom stereocenters. The van der Waals surface area contributed by atoms with Gasteiger partial charge in [0.1, 0.15) is 10.7 Å². The predicted molar refractivity (Wildman–Crippen MR) is 72.3 cm³/mol. The Balaban J connectivity index is 2.31. The molecule has 0 aromatic heterocycles. The minimum atomic E-state index is -3.66. The van der Waals surface area contributed by atoms with Gasteiger partial charge in [0.25, 0.3) is 0 Å². The molecule has 1 saturated heterocycles. The first-order valence-corrected chi connectivity index (χ1v) is 7.89. The van der Waals surface area contributed by atoms with Gasteiger partial charge in [-0.15, -0.1) is 0 Å². The van der Waals surface area contributed by atoms with Crippen LogP contribution in [0.15, 0.2) is 23.1 Å². The first-order valence-electron chi connectivity index (χ1n) is 6.07. The number of benzene rings is 1. The largest absolute Gasteiger partial charge is 0.316 e. The van der Waals surface area contributed by atoms with Crippen molar-refractivity contribution >= 4 is 21.6 Å². The zero-order valence-corrected chi connectivity index (χ0v) is 12.1. The molecule has 1 aromatic carbocycles. The highest BCUT2D eigenvalue weighted by Gasteiger charge is 2.31. The molecule has 4 nitrogen and oxygen atoms in total. The lowest BCUT2D eigenvalue weighted by Crippen LogP contribution is -2.46. The second kappa shape index (κ2) is 5.75. The Hall–Kier alpha value is -0.690. The van der Waals surface area contributed by atoms with Gasteiger partial charge < -0.3 is 5.32 Å². The van der Waals surface area contributed by atoms with E-state index >= 15 is 0 Å². The van der Waals surface area contributed by atoms with Gasteiger partial charge in [-0.3, -0.25) is 0 Å². The summed E-state index contributed by atoms with van der Waals surface area (Å²) in [7, 11) is -1.85. The molecule has 0 unspecified atom stereocenters. The number of piperidine rings is 1. The maximum absolute atomic E-state index is 13.0. The van der Waals surface area contributed by atoms with Crippen LogP contribution >= 0.6 is 11.6 Å². The second-order valence-electron chi connectivity index (χ2n) is 4.57. The zero-order valence-electron chi connectivity index (χ0n) is 10.6. The van der Waals surface area contributed by atoms with E-state index in [-0.39, 0.29) is 16.0 Å². The molecule has 1 aliphatic rings. The lowest BCUT2D eigenvalue weighted by Gasteiger charge is -2.31. The molecule has 0 bridgehead atoms. The van der Waals surface area contributed by atoms with E-state index in [1.54, 1.807) is 0 Å². The quantitative estimate of drug-likeness (QED) is 0.927. The van der Waals surface area contributed by atoms with Crippen LogP contribution in [0.2, 0.25) is 5.02 Å². The van der Waals surface area contributed by atoms with E-state index in [1.165, 1.54) is 10.4 Å². The summed E-state index contributed by atoms with van der Waals surface area (Å²) in [5, 5.41) is 3.00. The van der Waals surface area contributed by atoms with Gasteiger partial charge in [-0.25, -0.2) is 12.8 Å². The number of likely N-dealkylation sites (N-methyl/N-ethyl adjacent to an activating group) is 1. The minimum absolute atomic E-state index is 0.0349. The Morgan fingerprint density at radius 1 is 1.47 bits per heavy atom. The number of hydrogen-bond donors (Lipinski definition) is 1. The van der Waals surface area contributed by atoms with Crippen molar-refractivity contribution in [1.29, 1.82) is 0 Å². The van der Waals surface area contributed by atoms with Crippen molar-refractivity contribution in [3.63, 3.8) is 0 Å². The molecule has 1 N–H and O–H groups in total. The fraction of sp³-hybridized carbons (Fsp3) is 0.500. The van der Waals surface area contributed by atoms with Crippen LogP contribution in [0.25, 0.3) is 0 Å². The Labute approximate surface area is 117 Å². The summed E-state index contributed by atoms with van der Waals surface area (Å²) in [4.78, 5) is -0.0349. The standard InChI is InChI=1S/C12H16ClFN2O2S/c1-15-10-3-2-6-16(8-10)19(17,18)12-5-4-9(14)7-11(12)13/h4-5,7,10,15H,2-3,6,8H2,1H3/t10-/m0/s1. The van der Waals surface area contributed by atoms with E-state index in [1.807, 2.05) is 7.05 Å². The van der Waals surface area contributed by atoms with Crippen molar-refractivity contribution < 1.29 is 12.8 Å². The van der Waals surface area contributed by atoms with Crippen LogP contribution in [0, 0.1) is 5.82 Å². The van der Waals surface area contributed by atoms with Crippen molar-refractivity contribution in [3.05, 3.63) is 29.0 Å². The topological polar surface area (TPSA) is 49.4 Å². The van der Waals surface area contributed by atoms with E-state index in [4.69, 9.17) is 11.6 Å². The molecule has 0 spiro atoms. The van der Waals surface area contributed by atoms with E-state index in [0.29, 0.717) is 13.1 Å². The Morgan fingerprint density at radius 2 is 2.21 bits per heavy atom. The molecule has 1 heterocycles. The highest BCUT2D eigenvalue weighted by Crippen LogP contribution is 2.27. The second-order valence-corrected chi connectivity index (χ2v) is 6.88. The van der Waals surface area contributed by atoms with Crippen LogP contribution in [0.4, 0.5) is 4.39 Å². The molecule has 0 radical (unpaired) electrons. The summed E-state index contributed by atoms with van der Waals surface area (Å²) < 4.78 is 39.3. The predicted octanol–water partition coefficient (Wildman–Crippen LogP) is 1.85. The molecule has 0 saturated carbocycles. The normalized spacial score (nSPS) is 21.5. The molecule has 19 heavy (non-hydrogen) atoms. The number of nitrogens with one attached hydrogen (secondary N) is 1. The van der Waals surface area contributed by atoms with Crippen molar-refractivity contribution in [1.82, 2.24) is 9.62 Å². The SMILES string of the molecule is CN[C@H]1CCCN(S(=O)(=O)c2ccc(F)cc2Cl)C1. The van der Waals surface area contributed by atoms with Gasteiger partial charge in [-0.05, 0) is 38.1 Å². The molecule has 0 aliphatic carbocycles. The summed E-state index contributed by atoms with van der Waals surface area (Å²) in [5.74, 6) is -0.546. The molecule has 106 valence electrons. The van der Waals surface area contributed by atoms with E-state index < -0.39 is 15.8 Å². The molecule has 1 fully saturated rings. The lowest BCUT2D eigenvalue weighted by atomic mass is 10.1. The molecule has 1 aliphatic heterocycles. The van der Waals surface area contributed by atoms with E-state index in [0.717, 1.165) is 25.0 Å². The fourth-order valence-corrected chi connectivity index (χ4v) is 4.25. The Kier molecular flexibility index (Phi) is 4.45. The molecular weight excluding hydrogens is 291 g/mol. The third-order valence-corrected chi connectivity index (χ3v) is 5.65. The van der Waals surface area contributed by atoms with Gasteiger partial charge in [0.15, 0.2) is 0 Å². The first-order chi connectivity index (χ1) is 8.95. The zero-order chi connectivity index (χ0) is 14.0. The van der Waals surface area contributed by atoms with Gasteiger partial charge in [0.2, 0.25) is 10.0 Å². The van der Waals surface area contributed by atoms with Gasteiger partial charge in [0, 0.05) is 19.1 Å². The molecule has 1 aromatic rings. The third kappa shape index (κ3) is 3.08. The van der Waals surface area contributed by atoms with Gasteiger partial charge in [0.05, 0.1) is 5.02 Å². The highest BCUT2D eigenvalue weighted by molar-refractivity contribution is 7.89. The van der Waals surface area contributed by atoms with Crippen molar-refractivity contribution in [2.45, 2.75) is 23.8 Å². The fourth-order valence-electron chi connectivity index (χ4n) is 2.22. The number of rotatable bonds is 3. The van der Waals surface area contributed by atoms with E-state index in [2.05, 4.69) is 5.32 Å². The van der Waals surface area contributed by atoms with Crippen LogP contribution in [-0.2, 0) is 10.0 Å². The van der Waals surface area contributed by atoms with Crippen LogP contribution < -0.4 is 5.32 Å². The Bertz CT molecular complexity index is 565. The van der Waals surface area contributed by atoms with Crippen LogP contribution in [0.1, 0.15) is 12.8 Å². The maximum Gasteiger partial charge on any atom is 0.244 e. The van der Waals surface area contributed by atoms with Crippen molar-refractivity contribution in [3.8, 4) is 0 Å². The first kappa shape index (κ1) is 14.7. The van der Waals surface area contributed by atoms with Crippen molar-refractivity contribution in [2.75, 3.05) is 20.1 Å². The summed E-state index contributed by atoms with van der Waals surface area (Å²) in [5.41, 5.74) is 0. The monoisotopic (exact) mass is 306 g/mol. The van der Waals surface area contributed by atoms with Crippen LogP contribution in [0.3, 0.4) is 0 Å². The van der Waals surface area contributed by atoms with Crippen molar-refractivity contribution in [2.24, 2.45) is 0 Å². The highest BCUT2D eigenvalue weighted by atomic mass is 35.5. The Morgan fingerprint density at radius 3 is 2.84 bits per heavy atom. The minimum Gasteiger partial charge on any atom is -0.316 e. The number of nitrogens with zero attached hydrogens (tertiary/aromatic N) is 1. The number of sulfonamides is 1. The van der Waals surface area contributed by atoms with E-state index in [9.17, 15) is 12.8 Å². The summed E-state index contributed by atoms with van der Waals surface area (Å²) in [6.07, 6.45) is 1.74. The van der Waals surface area contributed by atoms with Crippen LogP contribution in [0.5, 0.6) is 0 Å². The number of halogens is 2. The van der Waals surface area contributed by atoms with Gasteiger partial charge >= 0.3 is 0 Å². The summed E-state index contributed by atoms with van der Waals surface area (Å²) >= 11 is 5.84. The molecular formula is C12H16ClFN2O2S. The maximum atomic E-state index is 13.0. The third-order valence-electron chi connectivity index (χ3n) is 3.30. The molecule has 7 heteroatoms. The average Bonchev–Trinajstić information content (AvgIpc) is 2.38. The number of hydrogen-bond acceptors (Lipinski definition) is 3. The van der Waals surface area contributed by atoms with Crippen LogP contribution in [-0.4, -0.2) is 38.9 Å². The lowest BCUT2D eigenvalue weighted by molar-refractivity contribution is 0.293. The molecule has 2 rings (SSSR count). The summed E-state index contributed by atoms with van der Waals surface area (Å²) in [6, 6.07) is 3.49. The van der Waals surface area contributed by atoms with Gasteiger partial charge in [-0.2, -0.15) is 4.31 Å².